The zero-order valence-electron chi connectivity index (χ0n) is 38.6. The average molecular weight is 866 g/mol. The standard InChI is InChI=1S/C53H87NO8/c1-3-5-7-9-11-13-14-15-16-17-18-19-20-21-22-23-24-25-26-27-28-29-30-31-32-33-34-35-37-39-41-43-49(57)54-46(47(56)42-40-38-36-12-10-8-6-4-2)45-61-53-52(60)51(59)50(58)48(44-55)62-53/h5,7,11,13,15-16,18-19,21-22,24-25,27-28,30-31,40,42,46-48,50-53,55-56,58-60H,3-4,6,8-10,12,14,17,20,23,26,29,32-39,41,43-45H2,1-2H3,(H,54,57)/b7-5-,13-11-,16-15-,19-18-,22-21-,25-24-,28-27-,31-30-,42-40+. The molecule has 352 valence electrons. The van der Waals surface area contributed by atoms with E-state index in [1.165, 1.54) is 25.7 Å². The predicted octanol–water partition coefficient (Wildman–Crippen LogP) is 10.7. The van der Waals surface area contributed by atoms with E-state index in [0.717, 1.165) is 116 Å². The van der Waals surface area contributed by atoms with Crippen LogP contribution in [0.5, 0.6) is 0 Å². The number of amides is 1. The van der Waals surface area contributed by atoms with Crippen LogP contribution in [0.1, 0.15) is 162 Å². The first-order valence-corrected chi connectivity index (χ1v) is 24.1. The van der Waals surface area contributed by atoms with Crippen LogP contribution in [0.3, 0.4) is 0 Å². The molecule has 0 aromatic carbocycles. The summed E-state index contributed by atoms with van der Waals surface area (Å²) in [6, 6.07) is -0.818. The van der Waals surface area contributed by atoms with Crippen LogP contribution in [0.4, 0.5) is 0 Å². The Morgan fingerprint density at radius 1 is 0.565 bits per heavy atom. The summed E-state index contributed by atoms with van der Waals surface area (Å²) >= 11 is 0. The van der Waals surface area contributed by atoms with Gasteiger partial charge in [-0.05, 0) is 83.5 Å². The highest BCUT2D eigenvalue weighted by molar-refractivity contribution is 5.76. The summed E-state index contributed by atoms with van der Waals surface area (Å²) in [5.41, 5.74) is 0. The number of hydrogen-bond acceptors (Lipinski definition) is 8. The second kappa shape index (κ2) is 41.8. The number of allylic oxidation sites excluding steroid dienone is 17. The minimum absolute atomic E-state index is 0.202. The Bertz CT molecular complexity index is 1330. The van der Waals surface area contributed by atoms with Crippen molar-refractivity contribution in [2.24, 2.45) is 0 Å². The van der Waals surface area contributed by atoms with Crippen LogP contribution >= 0.6 is 0 Å². The van der Waals surface area contributed by atoms with Crippen molar-refractivity contribution in [2.45, 2.75) is 204 Å². The van der Waals surface area contributed by atoms with E-state index in [1.807, 2.05) is 6.08 Å². The number of hydrogen-bond donors (Lipinski definition) is 6. The Morgan fingerprint density at radius 2 is 1.00 bits per heavy atom. The fraction of sp³-hybridized carbons (Fsp3) is 0.642. The molecule has 1 amide bonds. The third-order valence-electron chi connectivity index (χ3n) is 10.6. The molecule has 62 heavy (non-hydrogen) atoms. The van der Waals surface area contributed by atoms with Crippen LogP contribution in [0.25, 0.3) is 0 Å². The molecule has 7 unspecified atom stereocenters. The first-order chi connectivity index (χ1) is 30.3. The van der Waals surface area contributed by atoms with Gasteiger partial charge < -0.3 is 40.3 Å². The van der Waals surface area contributed by atoms with Crippen LogP contribution in [0.15, 0.2) is 109 Å². The van der Waals surface area contributed by atoms with Gasteiger partial charge in [0.15, 0.2) is 6.29 Å². The first-order valence-electron chi connectivity index (χ1n) is 24.1. The predicted molar refractivity (Wildman–Crippen MR) is 257 cm³/mol. The van der Waals surface area contributed by atoms with Crippen molar-refractivity contribution in [3.63, 3.8) is 0 Å². The molecule has 0 radical (unpaired) electrons. The molecule has 1 heterocycles. The molecule has 1 aliphatic rings. The van der Waals surface area contributed by atoms with Crippen molar-refractivity contribution >= 4 is 5.91 Å². The second-order valence-electron chi connectivity index (χ2n) is 16.2. The summed E-state index contributed by atoms with van der Waals surface area (Å²) in [4.78, 5) is 12.9. The van der Waals surface area contributed by atoms with E-state index in [-0.39, 0.29) is 12.5 Å². The Morgan fingerprint density at radius 3 is 1.48 bits per heavy atom. The topological polar surface area (TPSA) is 149 Å². The molecule has 9 nitrogen and oxygen atoms in total. The molecule has 9 heteroatoms. The van der Waals surface area contributed by atoms with E-state index in [0.29, 0.717) is 6.42 Å². The quantitative estimate of drug-likeness (QED) is 0.0265. The molecule has 1 aliphatic heterocycles. The van der Waals surface area contributed by atoms with Gasteiger partial charge in [-0.3, -0.25) is 4.79 Å². The second-order valence-corrected chi connectivity index (χ2v) is 16.2. The lowest BCUT2D eigenvalue weighted by Gasteiger charge is -2.40. The van der Waals surface area contributed by atoms with Crippen molar-refractivity contribution < 1.29 is 39.8 Å². The van der Waals surface area contributed by atoms with Crippen molar-refractivity contribution in [2.75, 3.05) is 13.2 Å². The van der Waals surface area contributed by atoms with E-state index in [2.05, 4.69) is 116 Å². The van der Waals surface area contributed by atoms with Crippen LogP contribution < -0.4 is 5.32 Å². The summed E-state index contributed by atoms with van der Waals surface area (Å²) in [7, 11) is 0. The van der Waals surface area contributed by atoms with E-state index in [4.69, 9.17) is 9.47 Å². The fourth-order valence-corrected chi connectivity index (χ4v) is 6.76. The Kier molecular flexibility index (Phi) is 38.4. The van der Waals surface area contributed by atoms with Crippen molar-refractivity contribution in [1.29, 1.82) is 0 Å². The number of unbranched alkanes of at least 4 members (excludes halogenated alkanes) is 12. The van der Waals surface area contributed by atoms with Gasteiger partial charge in [0.1, 0.15) is 24.4 Å². The van der Waals surface area contributed by atoms with Gasteiger partial charge in [0.2, 0.25) is 5.91 Å². The largest absolute Gasteiger partial charge is 0.394 e. The van der Waals surface area contributed by atoms with Crippen LogP contribution in [-0.4, -0.2) is 87.5 Å². The fourth-order valence-electron chi connectivity index (χ4n) is 6.76. The maximum absolute atomic E-state index is 12.9. The van der Waals surface area contributed by atoms with Crippen LogP contribution in [0, 0.1) is 0 Å². The average Bonchev–Trinajstić information content (AvgIpc) is 3.27. The highest BCUT2D eigenvalue weighted by atomic mass is 16.7. The highest BCUT2D eigenvalue weighted by Crippen LogP contribution is 2.22. The lowest BCUT2D eigenvalue weighted by Crippen LogP contribution is -2.60. The maximum atomic E-state index is 12.9. The van der Waals surface area contributed by atoms with Crippen molar-refractivity contribution in [1.82, 2.24) is 5.32 Å². The van der Waals surface area contributed by atoms with Crippen LogP contribution in [-0.2, 0) is 14.3 Å². The Balaban J connectivity index is 2.22. The van der Waals surface area contributed by atoms with Gasteiger partial charge in [-0.1, -0.05) is 181 Å². The summed E-state index contributed by atoms with van der Waals surface area (Å²) in [5.74, 6) is -0.202. The lowest BCUT2D eigenvalue weighted by atomic mass is 9.99. The molecule has 0 aromatic heterocycles. The zero-order valence-corrected chi connectivity index (χ0v) is 38.6. The highest BCUT2D eigenvalue weighted by Gasteiger charge is 2.44. The van der Waals surface area contributed by atoms with Gasteiger partial charge in [0.05, 0.1) is 25.4 Å². The van der Waals surface area contributed by atoms with E-state index < -0.39 is 49.5 Å². The van der Waals surface area contributed by atoms with Gasteiger partial charge in [-0.2, -0.15) is 0 Å². The van der Waals surface area contributed by atoms with Gasteiger partial charge in [-0.15, -0.1) is 0 Å². The van der Waals surface area contributed by atoms with Crippen molar-refractivity contribution in [3.8, 4) is 0 Å². The lowest BCUT2D eigenvalue weighted by molar-refractivity contribution is -0.302. The molecule has 6 N–H and O–H groups in total. The third kappa shape index (κ3) is 31.7. The summed E-state index contributed by atoms with van der Waals surface area (Å²) in [6.45, 7) is 3.57. The molecule has 1 saturated heterocycles. The molecule has 1 rings (SSSR count). The molecule has 0 aliphatic carbocycles. The maximum Gasteiger partial charge on any atom is 0.220 e. The van der Waals surface area contributed by atoms with Gasteiger partial charge in [0, 0.05) is 6.42 Å². The zero-order chi connectivity index (χ0) is 45.1. The van der Waals surface area contributed by atoms with Crippen LogP contribution in [0.2, 0.25) is 0 Å². The normalized spacial score (nSPS) is 21.3. The van der Waals surface area contributed by atoms with Crippen molar-refractivity contribution in [3.05, 3.63) is 109 Å². The Hall–Kier alpha value is -3.15. The number of carbonyl (C=O) groups excluding carboxylic acids is 1. The number of nitrogens with one attached hydrogen (secondary N) is 1. The number of ether oxygens (including phenoxy) is 2. The molecular formula is C53H87NO8. The Labute approximate surface area is 376 Å². The molecule has 0 aromatic rings. The first kappa shape index (κ1) is 56.9. The minimum atomic E-state index is -1.57. The van der Waals surface area contributed by atoms with E-state index in [1.54, 1.807) is 6.08 Å². The van der Waals surface area contributed by atoms with E-state index in [9.17, 15) is 30.3 Å². The third-order valence-corrected chi connectivity index (χ3v) is 10.6. The monoisotopic (exact) mass is 866 g/mol. The number of carbonyl (C=O) groups is 1. The van der Waals surface area contributed by atoms with Gasteiger partial charge >= 0.3 is 0 Å². The minimum Gasteiger partial charge on any atom is -0.394 e. The molecule has 0 bridgehead atoms. The molecule has 7 atom stereocenters. The molecule has 0 saturated carbocycles. The summed E-state index contributed by atoms with van der Waals surface area (Å²) in [5, 5.41) is 54.0. The molecule has 0 spiro atoms. The van der Waals surface area contributed by atoms with Gasteiger partial charge in [0.25, 0.3) is 0 Å². The molecule has 1 fully saturated rings. The molecular weight excluding hydrogens is 779 g/mol. The summed E-state index contributed by atoms with van der Waals surface area (Å²) < 4.78 is 11.2. The summed E-state index contributed by atoms with van der Waals surface area (Å²) in [6.07, 6.45) is 54.4. The van der Waals surface area contributed by atoms with Gasteiger partial charge in [-0.25, -0.2) is 0 Å². The number of rotatable bonds is 38. The SMILES string of the molecule is CC/C=C\C/C=C\C/C=C\C/C=C\C/C=C\C/C=C\C/C=C\C/C=C\CCCCCCCCC(=O)NC(COC1OC(CO)C(O)C(O)C1O)C(O)/C=C/CCCCCCCC. The number of aliphatic hydroxyl groups is 5. The number of aliphatic hydroxyl groups excluding tert-OH is 5. The van der Waals surface area contributed by atoms with E-state index >= 15 is 0 Å². The smallest absolute Gasteiger partial charge is 0.220 e.